The van der Waals surface area contributed by atoms with Gasteiger partial charge in [0.2, 0.25) is 0 Å². The van der Waals surface area contributed by atoms with Gasteiger partial charge in [-0.1, -0.05) is 23.7 Å². The lowest BCUT2D eigenvalue weighted by Crippen LogP contribution is -2.27. The largest absolute Gasteiger partial charge is 0.288 e. The second kappa shape index (κ2) is 9.60. The summed E-state index contributed by atoms with van der Waals surface area (Å²) in [5.41, 5.74) is 5.97. The minimum atomic E-state index is -0.536. The van der Waals surface area contributed by atoms with E-state index in [0.29, 0.717) is 23.7 Å². The molecule has 0 saturated heterocycles. The standard InChI is InChI=1S/C22H23ClN4O2/c1-15-9-11-25-20(12-15)16(2)27(14-21-19(23)4-3-10-24-21)13-17-5-7-18(8-6-17)22(28)26-29/h3-12,16,29H,13-14H2,1-2H3,(H,26,28)/t16-/m0/s1. The highest BCUT2D eigenvalue weighted by molar-refractivity contribution is 6.31. The lowest BCUT2D eigenvalue weighted by molar-refractivity contribution is 0.0706. The SMILES string of the molecule is Cc1ccnc([C@H](C)N(Cc2ccc(C(=O)NO)cc2)Cc2ncccc2Cl)c1. The number of pyridine rings is 2. The van der Waals surface area contributed by atoms with Crippen molar-refractivity contribution >= 4 is 17.5 Å². The average molecular weight is 411 g/mol. The summed E-state index contributed by atoms with van der Waals surface area (Å²) in [6, 6.07) is 14.8. The summed E-state index contributed by atoms with van der Waals surface area (Å²) in [4.78, 5) is 22.7. The summed E-state index contributed by atoms with van der Waals surface area (Å²) >= 11 is 6.35. The summed E-state index contributed by atoms with van der Waals surface area (Å²) in [5, 5.41) is 9.40. The van der Waals surface area contributed by atoms with Gasteiger partial charge in [-0.25, -0.2) is 5.48 Å². The normalized spacial score (nSPS) is 12.0. The Labute approximate surface area is 175 Å². The van der Waals surface area contributed by atoms with E-state index in [0.717, 1.165) is 22.5 Å². The van der Waals surface area contributed by atoms with Gasteiger partial charge in [-0.15, -0.1) is 0 Å². The fraction of sp³-hybridized carbons (Fsp3) is 0.227. The van der Waals surface area contributed by atoms with Gasteiger partial charge >= 0.3 is 0 Å². The molecule has 1 aromatic carbocycles. The maximum atomic E-state index is 11.5. The number of nitrogens with zero attached hydrogens (tertiary/aromatic N) is 3. The number of carbonyl (C=O) groups excluding carboxylic acids is 1. The summed E-state index contributed by atoms with van der Waals surface area (Å²) in [7, 11) is 0. The van der Waals surface area contributed by atoms with E-state index in [9.17, 15) is 4.79 Å². The zero-order chi connectivity index (χ0) is 20.8. The van der Waals surface area contributed by atoms with Crippen LogP contribution in [0.4, 0.5) is 0 Å². The molecule has 2 heterocycles. The highest BCUT2D eigenvalue weighted by Gasteiger charge is 2.20. The van der Waals surface area contributed by atoms with Crippen molar-refractivity contribution in [3.05, 3.63) is 94.0 Å². The first-order valence-electron chi connectivity index (χ1n) is 9.27. The number of rotatable bonds is 7. The minimum Gasteiger partial charge on any atom is -0.288 e. The van der Waals surface area contributed by atoms with Crippen molar-refractivity contribution in [1.29, 1.82) is 0 Å². The Hall–Kier alpha value is -2.80. The molecule has 29 heavy (non-hydrogen) atoms. The van der Waals surface area contributed by atoms with Crippen molar-refractivity contribution in [2.24, 2.45) is 0 Å². The lowest BCUT2D eigenvalue weighted by Gasteiger charge is -2.29. The number of aryl methyl sites for hydroxylation is 1. The van der Waals surface area contributed by atoms with Crippen LogP contribution in [0.15, 0.2) is 60.9 Å². The number of carbonyl (C=O) groups is 1. The Balaban J connectivity index is 1.87. The van der Waals surface area contributed by atoms with Crippen LogP contribution in [0.5, 0.6) is 0 Å². The van der Waals surface area contributed by atoms with Gasteiger partial charge in [0.1, 0.15) is 0 Å². The van der Waals surface area contributed by atoms with E-state index in [1.165, 1.54) is 0 Å². The van der Waals surface area contributed by atoms with Gasteiger partial charge < -0.3 is 0 Å². The molecule has 3 rings (SSSR count). The van der Waals surface area contributed by atoms with E-state index < -0.39 is 5.91 Å². The Bertz CT molecular complexity index is 979. The number of nitrogens with one attached hydrogen (secondary N) is 1. The van der Waals surface area contributed by atoms with Crippen LogP contribution >= 0.6 is 11.6 Å². The summed E-state index contributed by atoms with van der Waals surface area (Å²) < 4.78 is 0. The van der Waals surface area contributed by atoms with E-state index in [4.69, 9.17) is 16.8 Å². The number of hydroxylamine groups is 1. The molecule has 2 N–H and O–H groups in total. The molecule has 0 spiro atoms. The van der Waals surface area contributed by atoms with Gasteiger partial charge in [-0.2, -0.15) is 0 Å². The van der Waals surface area contributed by atoms with E-state index in [1.54, 1.807) is 23.8 Å². The van der Waals surface area contributed by atoms with Crippen LogP contribution in [0.3, 0.4) is 0 Å². The van der Waals surface area contributed by atoms with Crippen molar-refractivity contribution in [3.8, 4) is 0 Å². The average Bonchev–Trinajstić information content (AvgIpc) is 2.74. The number of benzene rings is 1. The Morgan fingerprint density at radius 1 is 1.14 bits per heavy atom. The molecule has 1 amide bonds. The van der Waals surface area contributed by atoms with Crippen LogP contribution in [0, 0.1) is 6.92 Å². The van der Waals surface area contributed by atoms with Crippen molar-refractivity contribution in [2.75, 3.05) is 0 Å². The molecule has 0 aliphatic carbocycles. The molecule has 0 saturated carbocycles. The maximum absolute atomic E-state index is 11.5. The zero-order valence-corrected chi connectivity index (χ0v) is 17.1. The predicted octanol–water partition coefficient (Wildman–Crippen LogP) is 4.32. The molecular formula is C22H23ClN4O2. The first-order chi connectivity index (χ1) is 14.0. The lowest BCUT2D eigenvalue weighted by atomic mass is 10.1. The molecule has 7 heteroatoms. The highest BCUT2D eigenvalue weighted by atomic mass is 35.5. The number of hydrogen-bond donors (Lipinski definition) is 2. The first kappa shape index (κ1) is 20.9. The molecule has 6 nitrogen and oxygen atoms in total. The van der Waals surface area contributed by atoms with Gasteiger partial charge in [0.05, 0.1) is 16.4 Å². The van der Waals surface area contributed by atoms with Crippen molar-refractivity contribution in [3.63, 3.8) is 0 Å². The first-order valence-corrected chi connectivity index (χ1v) is 9.65. The van der Waals surface area contributed by atoms with Crippen LogP contribution in [-0.4, -0.2) is 26.0 Å². The zero-order valence-electron chi connectivity index (χ0n) is 16.3. The van der Waals surface area contributed by atoms with Gasteiger partial charge in [-0.3, -0.25) is 24.9 Å². The molecule has 0 radical (unpaired) electrons. The van der Waals surface area contributed by atoms with Gasteiger partial charge in [0.15, 0.2) is 0 Å². The third-order valence-corrected chi connectivity index (χ3v) is 5.15. The van der Waals surface area contributed by atoms with Gasteiger partial charge in [0, 0.05) is 37.1 Å². The molecular weight excluding hydrogens is 388 g/mol. The molecule has 0 fully saturated rings. The maximum Gasteiger partial charge on any atom is 0.274 e. The fourth-order valence-corrected chi connectivity index (χ4v) is 3.27. The number of aromatic nitrogens is 2. The van der Waals surface area contributed by atoms with Crippen LogP contribution in [0.1, 0.15) is 45.8 Å². The van der Waals surface area contributed by atoms with Gasteiger partial charge in [0.25, 0.3) is 5.91 Å². The topological polar surface area (TPSA) is 78.4 Å². The molecule has 3 aromatic rings. The number of amides is 1. The Morgan fingerprint density at radius 3 is 2.55 bits per heavy atom. The molecule has 2 aromatic heterocycles. The third-order valence-electron chi connectivity index (χ3n) is 4.80. The molecule has 0 aliphatic rings. The smallest absolute Gasteiger partial charge is 0.274 e. The Kier molecular flexibility index (Phi) is 6.93. The fourth-order valence-electron chi connectivity index (χ4n) is 3.09. The molecule has 1 atom stereocenters. The van der Waals surface area contributed by atoms with E-state index >= 15 is 0 Å². The van der Waals surface area contributed by atoms with Crippen molar-refractivity contribution in [1.82, 2.24) is 20.3 Å². The summed E-state index contributed by atoms with van der Waals surface area (Å²) in [6.45, 7) is 5.31. The molecule has 150 valence electrons. The second-order valence-electron chi connectivity index (χ2n) is 6.91. The highest BCUT2D eigenvalue weighted by Crippen LogP contribution is 2.25. The molecule has 0 aliphatic heterocycles. The van der Waals surface area contributed by atoms with Crippen LogP contribution in [0.2, 0.25) is 5.02 Å². The number of hydrogen-bond acceptors (Lipinski definition) is 5. The van der Waals surface area contributed by atoms with Crippen molar-refractivity contribution in [2.45, 2.75) is 33.0 Å². The third kappa shape index (κ3) is 5.38. The molecule has 0 bridgehead atoms. The summed E-state index contributed by atoms with van der Waals surface area (Å²) in [6.07, 6.45) is 3.55. The van der Waals surface area contributed by atoms with E-state index in [-0.39, 0.29) is 6.04 Å². The monoisotopic (exact) mass is 410 g/mol. The molecule has 0 unspecified atom stereocenters. The Morgan fingerprint density at radius 2 is 1.90 bits per heavy atom. The van der Waals surface area contributed by atoms with Crippen LogP contribution < -0.4 is 5.48 Å². The minimum absolute atomic E-state index is 0.0217. The van der Waals surface area contributed by atoms with Crippen LogP contribution in [-0.2, 0) is 13.1 Å². The van der Waals surface area contributed by atoms with Gasteiger partial charge in [-0.05, 0) is 61.4 Å². The second-order valence-corrected chi connectivity index (χ2v) is 7.32. The predicted molar refractivity (Wildman–Crippen MR) is 112 cm³/mol. The summed E-state index contributed by atoms with van der Waals surface area (Å²) in [5.74, 6) is -0.536. The van der Waals surface area contributed by atoms with Crippen LogP contribution in [0.25, 0.3) is 0 Å². The van der Waals surface area contributed by atoms with E-state index in [2.05, 4.69) is 27.9 Å². The number of halogens is 1. The van der Waals surface area contributed by atoms with Crippen molar-refractivity contribution < 1.29 is 10.0 Å². The van der Waals surface area contributed by atoms with E-state index in [1.807, 2.05) is 43.5 Å². The quantitative estimate of drug-likeness (QED) is 0.448.